The molecule has 23 heavy (non-hydrogen) atoms. The summed E-state index contributed by atoms with van der Waals surface area (Å²) < 4.78 is 1.99. The highest BCUT2D eigenvalue weighted by atomic mass is 15.3. The van der Waals surface area contributed by atoms with Crippen LogP contribution in [-0.4, -0.2) is 58.3 Å². The summed E-state index contributed by atoms with van der Waals surface area (Å²) in [7, 11) is 3.79. The number of likely N-dealkylation sites (tertiary alicyclic amines) is 1. The molecule has 0 atom stereocenters. The Bertz CT molecular complexity index is 501. The molecule has 2 rings (SSSR count). The molecule has 0 aromatic carbocycles. The number of rotatable bonds is 6. The number of aromatic nitrogens is 3. The summed E-state index contributed by atoms with van der Waals surface area (Å²) >= 11 is 0. The molecule has 130 valence electrons. The maximum absolute atomic E-state index is 4.33. The van der Waals surface area contributed by atoms with E-state index in [-0.39, 0.29) is 0 Å². The van der Waals surface area contributed by atoms with Gasteiger partial charge in [0.1, 0.15) is 5.82 Å². The zero-order valence-electron chi connectivity index (χ0n) is 15.0. The van der Waals surface area contributed by atoms with Gasteiger partial charge < -0.3 is 20.1 Å². The van der Waals surface area contributed by atoms with E-state index in [1.807, 2.05) is 25.6 Å². The van der Waals surface area contributed by atoms with E-state index in [1.165, 1.54) is 45.3 Å². The predicted octanol–water partition coefficient (Wildman–Crippen LogP) is 1.05. The Morgan fingerprint density at radius 3 is 2.61 bits per heavy atom. The van der Waals surface area contributed by atoms with Crippen molar-refractivity contribution in [2.45, 2.75) is 52.1 Å². The number of nitrogens with zero attached hydrogens (tertiary/aromatic N) is 5. The molecule has 0 bridgehead atoms. The standard InChI is InChI=1S/C16H31N7/c1-5-6-9-23-10-7-14(8-11-23)19-16(17-3)18-12-15-21-20-13(2)22(15)4/h14H,5-12H2,1-4H3,(H2,17,18,19). The first-order valence-corrected chi connectivity index (χ1v) is 8.68. The van der Waals surface area contributed by atoms with Gasteiger partial charge in [-0.05, 0) is 32.7 Å². The molecule has 2 N–H and O–H groups in total. The molecule has 2 heterocycles. The molecule has 7 nitrogen and oxygen atoms in total. The lowest BCUT2D eigenvalue weighted by molar-refractivity contribution is 0.203. The molecule has 0 amide bonds. The van der Waals surface area contributed by atoms with E-state index in [9.17, 15) is 0 Å². The summed E-state index contributed by atoms with van der Waals surface area (Å²) in [5, 5.41) is 15.1. The van der Waals surface area contributed by atoms with Crippen molar-refractivity contribution in [3.63, 3.8) is 0 Å². The van der Waals surface area contributed by atoms with Crippen LogP contribution in [0.1, 0.15) is 44.3 Å². The second-order valence-corrected chi connectivity index (χ2v) is 6.26. The van der Waals surface area contributed by atoms with Crippen molar-refractivity contribution in [3.8, 4) is 0 Å². The number of guanidine groups is 1. The third kappa shape index (κ3) is 5.20. The number of hydrogen-bond acceptors (Lipinski definition) is 4. The lowest BCUT2D eigenvalue weighted by atomic mass is 10.0. The Balaban J connectivity index is 1.74. The minimum absolute atomic E-state index is 0.500. The van der Waals surface area contributed by atoms with Crippen LogP contribution < -0.4 is 10.6 Å². The van der Waals surface area contributed by atoms with Gasteiger partial charge in [-0.2, -0.15) is 0 Å². The molecular weight excluding hydrogens is 290 g/mol. The molecule has 1 aromatic rings. The second-order valence-electron chi connectivity index (χ2n) is 6.26. The van der Waals surface area contributed by atoms with Crippen molar-refractivity contribution < 1.29 is 0 Å². The molecule has 1 saturated heterocycles. The summed E-state index contributed by atoms with van der Waals surface area (Å²) in [6.07, 6.45) is 4.93. The monoisotopic (exact) mass is 321 g/mol. The zero-order valence-corrected chi connectivity index (χ0v) is 15.0. The van der Waals surface area contributed by atoms with Crippen molar-refractivity contribution >= 4 is 5.96 Å². The van der Waals surface area contributed by atoms with Crippen molar-refractivity contribution in [3.05, 3.63) is 11.6 Å². The van der Waals surface area contributed by atoms with Crippen molar-refractivity contribution in [2.24, 2.45) is 12.0 Å². The third-order valence-corrected chi connectivity index (χ3v) is 4.58. The fraction of sp³-hybridized carbons (Fsp3) is 0.812. The van der Waals surface area contributed by atoms with Crippen LogP contribution in [0.2, 0.25) is 0 Å². The molecule has 0 aliphatic carbocycles. The van der Waals surface area contributed by atoms with Crippen molar-refractivity contribution in [1.82, 2.24) is 30.3 Å². The Morgan fingerprint density at radius 2 is 2.04 bits per heavy atom. The van der Waals surface area contributed by atoms with E-state index < -0.39 is 0 Å². The fourth-order valence-electron chi connectivity index (χ4n) is 2.84. The highest BCUT2D eigenvalue weighted by Crippen LogP contribution is 2.11. The number of aliphatic imine (C=N–C) groups is 1. The van der Waals surface area contributed by atoms with Crippen LogP contribution in [0, 0.1) is 6.92 Å². The molecule has 0 spiro atoms. The average Bonchev–Trinajstić information content (AvgIpc) is 2.89. The van der Waals surface area contributed by atoms with Crippen LogP contribution in [0.5, 0.6) is 0 Å². The number of aryl methyl sites for hydroxylation is 1. The van der Waals surface area contributed by atoms with Gasteiger partial charge in [-0.25, -0.2) is 0 Å². The Hall–Kier alpha value is -1.63. The topological polar surface area (TPSA) is 70.4 Å². The maximum atomic E-state index is 4.33. The number of piperidine rings is 1. The molecule has 0 radical (unpaired) electrons. The second kappa shape index (κ2) is 8.86. The smallest absolute Gasteiger partial charge is 0.191 e. The first-order chi connectivity index (χ1) is 11.1. The van der Waals surface area contributed by atoms with E-state index in [0.29, 0.717) is 12.6 Å². The van der Waals surface area contributed by atoms with Gasteiger partial charge in [-0.3, -0.25) is 4.99 Å². The van der Waals surface area contributed by atoms with E-state index in [0.717, 1.165) is 17.6 Å². The Kier molecular flexibility index (Phi) is 6.83. The van der Waals surface area contributed by atoms with Gasteiger partial charge in [0.2, 0.25) is 0 Å². The minimum Gasteiger partial charge on any atom is -0.354 e. The SMILES string of the molecule is CCCCN1CCC(NC(=NC)NCc2nnc(C)n2C)CC1. The van der Waals surface area contributed by atoms with Gasteiger partial charge in [0.25, 0.3) is 0 Å². The van der Waals surface area contributed by atoms with Gasteiger partial charge >= 0.3 is 0 Å². The van der Waals surface area contributed by atoms with E-state index in [1.54, 1.807) is 0 Å². The van der Waals surface area contributed by atoms with Crippen LogP contribution in [0.15, 0.2) is 4.99 Å². The Morgan fingerprint density at radius 1 is 1.30 bits per heavy atom. The quantitative estimate of drug-likeness (QED) is 0.605. The highest BCUT2D eigenvalue weighted by molar-refractivity contribution is 5.79. The van der Waals surface area contributed by atoms with E-state index in [2.05, 4.69) is 37.6 Å². The first kappa shape index (κ1) is 17.7. The zero-order chi connectivity index (χ0) is 16.7. The third-order valence-electron chi connectivity index (χ3n) is 4.58. The highest BCUT2D eigenvalue weighted by Gasteiger charge is 2.19. The fourth-order valence-corrected chi connectivity index (χ4v) is 2.84. The van der Waals surface area contributed by atoms with Gasteiger partial charge in [0, 0.05) is 33.2 Å². The molecule has 7 heteroatoms. The molecule has 0 saturated carbocycles. The van der Waals surface area contributed by atoms with Gasteiger partial charge in [-0.15, -0.1) is 10.2 Å². The largest absolute Gasteiger partial charge is 0.354 e. The summed E-state index contributed by atoms with van der Waals surface area (Å²) in [6, 6.07) is 0.500. The number of unbranched alkanes of at least 4 members (excludes halogenated alkanes) is 1. The maximum Gasteiger partial charge on any atom is 0.191 e. The van der Waals surface area contributed by atoms with Crippen LogP contribution in [0.3, 0.4) is 0 Å². The lowest BCUT2D eigenvalue weighted by Crippen LogP contribution is -2.48. The van der Waals surface area contributed by atoms with Crippen molar-refractivity contribution in [2.75, 3.05) is 26.7 Å². The molecular formula is C16H31N7. The first-order valence-electron chi connectivity index (χ1n) is 8.68. The lowest BCUT2D eigenvalue weighted by Gasteiger charge is -2.33. The van der Waals surface area contributed by atoms with E-state index >= 15 is 0 Å². The number of hydrogen-bond donors (Lipinski definition) is 2. The number of nitrogens with one attached hydrogen (secondary N) is 2. The minimum atomic E-state index is 0.500. The predicted molar refractivity (Wildman–Crippen MR) is 93.4 cm³/mol. The Labute approximate surface area is 139 Å². The van der Waals surface area contributed by atoms with Gasteiger partial charge in [0.05, 0.1) is 6.54 Å². The molecule has 1 aliphatic rings. The molecule has 1 aromatic heterocycles. The summed E-state index contributed by atoms with van der Waals surface area (Å²) in [4.78, 5) is 6.90. The summed E-state index contributed by atoms with van der Waals surface area (Å²) in [5.74, 6) is 2.68. The van der Waals surface area contributed by atoms with Crippen molar-refractivity contribution in [1.29, 1.82) is 0 Å². The summed E-state index contributed by atoms with van der Waals surface area (Å²) in [6.45, 7) is 8.43. The molecule has 0 unspecified atom stereocenters. The molecule has 1 fully saturated rings. The van der Waals surface area contributed by atoms with Crippen LogP contribution >= 0.6 is 0 Å². The van der Waals surface area contributed by atoms with Gasteiger partial charge in [-0.1, -0.05) is 13.3 Å². The molecule has 1 aliphatic heterocycles. The van der Waals surface area contributed by atoms with Gasteiger partial charge in [0.15, 0.2) is 11.8 Å². The van der Waals surface area contributed by atoms with Crippen LogP contribution in [0.4, 0.5) is 0 Å². The summed E-state index contributed by atoms with van der Waals surface area (Å²) in [5.41, 5.74) is 0. The van der Waals surface area contributed by atoms with Crippen LogP contribution in [-0.2, 0) is 13.6 Å². The average molecular weight is 321 g/mol. The van der Waals surface area contributed by atoms with E-state index in [4.69, 9.17) is 0 Å². The normalized spacial score (nSPS) is 17.5. The van der Waals surface area contributed by atoms with Crippen LogP contribution in [0.25, 0.3) is 0 Å².